The summed E-state index contributed by atoms with van der Waals surface area (Å²) in [6.07, 6.45) is 3.53. The number of nitrogens with zero attached hydrogens (tertiary/aromatic N) is 2. The molecule has 2 aromatic rings. The molecule has 2 atom stereocenters. The van der Waals surface area contributed by atoms with Crippen molar-refractivity contribution < 1.29 is 0 Å². The van der Waals surface area contributed by atoms with Crippen molar-refractivity contribution in [1.29, 1.82) is 0 Å². The molecule has 2 unspecified atom stereocenters. The Morgan fingerprint density at radius 2 is 2.37 bits per heavy atom. The highest BCUT2D eigenvalue weighted by molar-refractivity contribution is 5.76. The maximum absolute atomic E-state index is 6.34. The predicted octanol–water partition coefficient (Wildman–Crippen LogP) is 2.02. The SMILES string of the molecule is Cc1nc2cc(C(N)CC3CCCN3)ccc2n1C. The molecule has 0 aliphatic carbocycles. The molecule has 1 aromatic carbocycles. The Balaban J connectivity index is 1.83. The summed E-state index contributed by atoms with van der Waals surface area (Å²) in [6.45, 7) is 3.16. The van der Waals surface area contributed by atoms with E-state index in [4.69, 9.17) is 5.73 Å². The average molecular weight is 258 g/mol. The molecule has 0 spiro atoms. The van der Waals surface area contributed by atoms with Crippen LogP contribution < -0.4 is 11.1 Å². The number of nitrogens with one attached hydrogen (secondary N) is 1. The second-order valence-corrected chi connectivity index (χ2v) is 5.60. The molecule has 4 heteroatoms. The Hall–Kier alpha value is -1.39. The molecule has 1 aromatic heterocycles. The van der Waals surface area contributed by atoms with Crippen molar-refractivity contribution in [3.8, 4) is 0 Å². The molecule has 1 aliphatic rings. The number of benzene rings is 1. The topological polar surface area (TPSA) is 55.9 Å². The third-order valence-corrected chi connectivity index (χ3v) is 4.26. The van der Waals surface area contributed by atoms with Crippen LogP contribution in [0.4, 0.5) is 0 Å². The van der Waals surface area contributed by atoms with Crippen LogP contribution in [0.5, 0.6) is 0 Å². The molecule has 1 fully saturated rings. The van der Waals surface area contributed by atoms with Crippen molar-refractivity contribution in [3.05, 3.63) is 29.6 Å². The van der Waals surface area contributed by atoms with Crippen LogP contribution in [0, 0.1) is 6.92 Å². The van der Waals surface area contributed by atoms with Crippen LogP contribution in [0.3, 0.4) is 0 Å². The van der Waals surface area contributed by atoms with Gasteiger partial charge in [0.1, 0.15) is 5.82 Å². The summed E-state index contributed by atoms with van der Waals surface area (Å²) < 4.78 is 2.11. The lowest BCUT2D eigenvalue weighted by Gasteiger charge is -2.17. The first kappa shape index (κ1) is 12.6. The maximum Gasteiger partial charge on any atom is 0.106 e. The third kappa shape index (κ3) is 2.38. The van der Waals surface area contributed by atoms with E-state index in [1.165, 1.54) is 23.9 Å². The Morgan fingerprint density at radius 1 is 1.53 bits per heavy atom. The van der Waals surface area contributed by atoms with Crippen molar-refractivity contribution >= 4 is 11.0 Å². The van der Waals surface area contributed by atoms with Gasteiger partial charge >= 0.3 is 0 Å². The van der Waals surface area contributed by atoms with Gasteiger partial charge in [-0.2, -0.15) is 0 Å². The summed E-state index contributed by atoms with van der Waals surface area (Å²) in [5, 5.41) is 3.51. The van der Waals surface area contributed by atoms with E-state index in [0.29, 0.717) is 6.04 Å². The molecule has 102 valence electrons. The highest BCUT2D eigenvalue weighted by atomic mass is 15.0. The van der Waals surface area contributed by atoms with Crippen molar-refractivity contribution in [3.63, 3.8) is 0 Å². The van der Waals surface area contributed by atoms with Crippen LogP contribution in [0.15, 0.2) is 18.2 Å². The van der Waals surface area contributed by atoms with Gasteiger partial charge in [-0.25, -0.2) is 4.98 Å². The molecular weight excluding hydrogens is 236 g/mol. The van der Waals surface area contributed by atoms with E-state index < -0.39 is 0 Å². The zero-order valence-corrected chi connectivity index (χ0v) is 11.7. The van der Waals surface area contributed by atoms with E-state index in [9.17, 15) is 0 Å². The lowest BCUT2D eigenvalue weighted by Crippen LogP contribution is -2.26. The second-order valence-electron chi connectivity index (χ2n) is 5.60. The number of aromatic nitrogens is 2. The fraction of sp³-hybridized carbons (Fsp3) is 0.533. The molecule has 0 bridgehead atoms. The molecule has 2 heterocycles. The normalized spacial score (nSPS) is 21.1. The van der Waals surface area contributed by atoms with Gasteiger partial charge in [0, 0.05) is 19.1 Å². The number of hydrogen-bond donors (Lipinski definition) is 2. The molecule has 0 saturated carbocycles. The number of aryl methyl sites for hydroxylation is 2. The molecular formula is C15H22N4. The van der Waals surface area contributed by atoms with E-state index in [1.54, 1.807) is 0 Å². The summed E-state index contributed by atoms with van der Waals surface area (Å²) in [5.41, 5.74) is 9.75. The van der Waals surface area contributed by atoms with Gasteiger partial charge < -0.3 is 15.6 Å². The Kier molecular flexibility index (Phi) is 3.29. The predicted molar refractivity (Wildman–Crippen MR) is 78.0 cm³/mol. The fourth-order valence-corrected chi connectivity index (χ4v) is 2.97. The van der Waals surface area contributed by atoms with E-state index in [-0.39, 0.29) is 6.04 Å². The number of nitrogens with two attached hydrogens (primary N) is 1. The Labute approximate surface area is 114 Å². The van der Waals surface area contributed by atoms with Gasteiger partial charge in [0.2, 0.25) is 0 Å². The quantitative estimate of drug-likeness (QED) is 0.885. The van der Waals surface area contributed by atoms with Crippen molar-refractivity contribution in [1.82, 2.24) is 14.9 Å². The molecule has 1 saturated heterocycles. The van der Waals surface area contributed by atoms with Gasteiger partial charge in [-0.1, -0.05) is 6.07 Å². The van der Waals surface area contributed by atoms with Gasteiger partial charge in [0.25, 0.3) is 0 Å². The summed E-state index contributed by atoms with van der Waals surface area (Å²) in [7, 11) is 2.05. The zero-order chi connectivity index (χ0) is 13.4. The molecule has 3 rings (SSSR count). The minimum Gasteiger partial charge on any atom is -0.331 e. The molecule has 19 heavy (non-hydrogen) atoms. The van der Waals surface area contributed by atoms with E-state index >= 15 is 0 Å². The van der Waals surface area contributed by atoms with E-state index in [0.717, 1.165) is 24.3 Å². The first-order valence-electron chi connectivity index (χ1n) is 7.07. The lowest BCUT2D eigenvalue weighted by atomic mass is 9.99. The number of imidazole rings is 1. The third-order valence-electron chi connectivity index (χ3n) is 4.26. The van der Waals surface area contributed by atoms with Crippen LogP contribution in [0.25, 0.3) is 11.0 Å². The van der Waals surface area contributed by atoms with Gasteiger partial charge in [-0.15, -0.1) is 0 Å². The molecule has 1 aliphatic heterocycles. The summed E-state index contributed by atoms with van der Waals surface area (Å²) in [4.78, 5) is 4.58. The number of hydrogen-bond acceptors (Lipinski definition) is 3. The highest BCUT2D eigenvalue weighted by Gasteiger charge is 2.18. The summed E-state index contributed by atoms with van der Waals surface area (Å²) in [6, 6.07) is 7.09. The number of fused-ring (bicyclic) bond motifs is 1. The van der Waals surface area contributed by atoms with Gasteiger partial charge in [0.15, 0.2) is 0 Å². The maximum atomic E-state index is 6.34. The first-order valence-corrected chi connectivity index (χ1v) is 7.07. The smallest absolute Gasteiger partial charge is 0.106 e. The summed E-state index contributed by atoms with van der Waals surface area (Å²) in [5.74, 6) is 1.04. The van der Waals surface area contributed by atoms with Gasteiger partial charge in [-0.05, 0) is 50.4 Å². The zero-order valence-electron chi connectivity index (χ0n) is 11.7. The summed E-state index contributed by atoms with van der Waals surface area (Å²) >= 11 is 0. The van der Waals surface area contributed by atoms with Crippen molar-refractivity contribution in [2.24, 2.45) is 12.8 Å². The number of rotatable bonds is 3. The minimum absolute atomic E-state index is 0.0994. The molecule has 0 radical (unpaired) electrons. The van der Waals surface area contributed by atoms with Crippen LogP contribution >= 0.6 is 0 Å². The van der Waals surface area contributed by atoms with E-state index in [1.807, 2.05) is 14.0 Å². The fourth-order valence-electron chi connectivity index (χ4n) is 2.97. The van der Waals surface area contributed by atoms with Crippen LogP contribution in [0.1, 0.15) is 36.7 Å². The average Bonchev–Trinajstić information content (AvgIpc) is 2.99. The minimum atomic E-state index is 0.0994. The standard InChI is InChI=1S/C15H22N4/c1-10-18-14-8-11(5-6-15(14)19(10)2)13(16)9-12-4-3-7-17-12/h5-6,8,12-13,17H,3-4,7,9,16H2,1-2H3. The van der Waals surface area contributed by atoms with Crippen molar-refractivity contribution in [2.45, 2.75) is 38.3 Å². The molecule has 3 N–H and O–H groups in total. The largest absolute Gasteiger partial charge is 0.331 e. The Bertz CT molecular complexity index is 581. The van der Waals surface area contributed by atoms with Crippen LogP contribution in [-0.4, -0.2) is 22.1 Å². The van der Waals surface area contributed by atoms with E-state index in [2.05, 4.69) is 33.1 Å². The molecule has 4 nitrogen and oxygen atoms in total. The highest BCUT2D eigenvalue weighted by Crippen LogP contribution is 2.24. The first-order chi connectivity index (χ1) is 9.15. The van der Waals surface area contributed by atoms with Crippen LogP contribution in [0.2, 0.25) is 0 Å². The van der Waals surface area contributed by atoms with Crippen molar-refractivity contribution in [2.75, 3.05) is 6.54 Å². The monoisotopic (exact) mass is 258 g/mol. The second kappa shape index (κ2) is 4.94. The van der Waals surface area contributed by atoms with Gasteiger partial charge in [0.05, 0.1) is 11.0 Å². The van der Waals surface area contributed by atoms with Gasteiger partial charge in [-0.3, -0.25) is 0 Å². The molecule has 0 amide bonds. The Morgan fingerprint density at radius 3 is 3.11 bits per heavy atom. The lowest BCUT2D eigenvalue weighted by molar-refractivity contribution is 0.499. The van der Waals surface area contributed by atoms with Crippen LogP contribution in [-0.2, 0) is 7.05 Å².